The van der Waals surface area contributed by atoms with Gasteiger partial charge in [-0.05, 0) is 50.8 Å². The lowest BCUT2D eigenvalue weighted by Crippen LogP contribution is -2.36. The fourth-order valence-electron chi connectivity index (χ4n) is 4.19. The quantitative estimate of drug-likeness (QED) is 0.354. The molecule has 1 amide bonds. The number of ether oxygens (including phenoxy) is 1. The first kappa shape index (κ1) is 22.9. The van der Waals surface area contributed by atoms with Crippen LogP contribution in [-0.2, 0) is 9.53 Å². The number of rotatable bonds is 8. The lowest BCUT2D eigenvalue weighted by Gasteiger charge is -2.21. The Morgan fingerprint density at radius 3 is 2.88 bits per heavy atom. The van der Waals surface area contributed by atoms with Crippen molar-refractivity contribution in [2.45, 2.75) is 52.0 Å². The summed E-state index contributed by atoms with van der Waals surface area (Å²) < 4.78 is 7.51. The lowest BCUT2D eigenvalue weighted by molar-refractivity contribution is -0.123. The highest BCUT2D eigenvalue weighted by atomic mass is 32.2. The highest BCUT2D eigenvalue weighted by Gasteiger charge is 2.38. The predicted octanol–water partition coefficient (Wildman–Crippen LogP) is 3.99. The van der Waals surface area contributed by atoms with E-state index in [-0.39, 0.29) is 17.5 Å². The lowest BCUT2D eigenvalue weighted by atomic mass is 10.2. The summed E-state index contributed by atoms with van der Waals surface area (Å²) in [5, 5.41) is 3.28. The Morgan fingerprint density at radius 2 is 2.12 bits per heavy atom. The Hall–Kier alpha value is -2.23. The van der Waals surface area contributed by atoms with Gasteiger partial charge >= 0.3 is 0 Å². The van der Waals surface area contributed by atoms with Gasteiger partial charge in [-0.2, -0.15) is 0 Å². The van der Waals surface area contributed by atoms with Gasteiger partial charge in [-0.25, -0.2) is 4.98 Å². The van der Waals surface area contributed by atoms with E-state index < -0.39 is 0 Å². The molecular weight excluding hydrogens is 444 g/mol. The molecule has 7 nitrogen and oxygen atoms in total. The molecule has 0 radical (unpaired) electrons. The van der Waals surface area contributed by atoms with Gasteiger partial charge in [0.15, 0.2) is 0 Å². The summed E-state index contributed by atoms with van der Waals surface area (Å²) >= 11 is 6.79. The number of aryl methyl sites for hydroxylation is 1. The van der Waals surface area contributed by atoms with Gasteiger partial charge < -0.3 is 10.1 Å². The second-order valence-electron chi connectivity index (χ2n) is 8.03. The Labute approximate surface area is 197 Å². The van der Waals surface area contributed by atoms with Crippen LogP contribution in [0.5, 0.6) is 0 Å². The van der Waals surface area contributed by atoms with E-state index in [1.807, 2.05) is 26.0 Å². The molecule has 4 rings (SSSR count). The Bertz CT molecular complexity index is 1120. The van der Waals surface area contributed by atoms with Crippen molar-refractivity contribution < 1.29 is 9.53 Å². The number of anilines is 1. The minimum atomic E-state index is -0.211. The molecule has 1 aliphatic carbocycles. The number of fused-ring (bicyclic) bond motifs is 1. The third-order valence-electron chi connectivity index (χ3n) is 5.84. The first-order valence-corrected chi connectivity index (χ1v) is 12.3. The molecule has 9 heteroatoms. The molecule has 1 saturated carbocycles. The second-order valence-corrected chi connectivity index (χ2v) is 9.71. The van der Waals surface area contributed by atoms with Crippen LogP contribution in [0.3, 0.4) is 0 Å². The van der Waals surface area contributed by atoms with Gasteiger partial charge in [-0.15, -0.1) is 0 Å². The van der Waals surface area contributed by atoms with Crippen LogP contribution in [0.15, 0.2) is 28.0 Å². The van der Waals surface area contributed by atoms with Crippen molar-refractivity contribution in [3.63, 3.8) is 0 Å². The van der Waals surface area contributed by atoms with Crippen LogP contribution in [0, 0.1) is 6.92 Å². The summed E-state index contributed by atoms with van der Waals surface area (Å²) in [5.74, 6) is 0.370. The highest BCUT2D eigenvalue weighted by molar-refractivity contribution is 8.26. The van der Waals surface area contributed by atoms with E-state index in [0.29, 0.717) is 46.0 Å². The maximum Gasteiger partial charge on any atom is 0.267 e. The predicted molar refractivity (Wildman–Crippen MR) is 133 cm³/mol. The van der Waals surface area contributed by atoms with Crippen LogP contribution in [-0.4, -0.2) is 50.3 Å². The van der Waals surface area contributed by atoms with Crippen LogP contribution >= 0.6 is 24.0 Å². The van der Waals surface area contributed by atoms with Crippen LogP contribution in [0.2, 0.25) is 0 Å². The molecule has 1 aliphatic heterocycles. The first-order chi connectivity index (χ1) is 15.5. The van der Waals surface area contributed by atoms with Crippen molar-refractivity contribution in [1.82, 2.24) is 14.3 Å². The normalized spacial score (nSPS) is 18.4. The summed E-state index contributed by atoms with van der Waals surface area (Å²) in [6, 6.07) is 3.92. The number of hydrogen-bond acceptors (Lipinski definition) is 7. The maximum atomic E-state index is 13.4. The molecule has 2 fully saturated rings. The molecule has 0 atom stereocenters. The number of nitrogens with one attached hydrogen (secondary N) is 1. The summed E-state index contributed by atoms with van der Waals surface area (Å²) in [6.45, 7) is 5.79. The summed E-state index contributed by atoms with van der Waals surface area (Å²) in [5.41, 5.74) is 1.66. The van der Waals surface area contributed by atoms with Crippen molar-refractivity contribution in [2.75, 3.05) is 25.1 Å². The number of thiocarbonyl (C=S) groups is 1. The first-order valence-electron chi connectivity index (χ1n) is 11.1. The molecule has 32 heavy (non-hydrogen) atoms. The molecule has 2 aliphatic rings. The molecule has 2 aromatic rings. The van der Waals surface area contributed by atoms with E-state index in [9.17, 15) is 9.59 Å². The van der Waals surface area contributed by atoms with Gasteiger partial charge in [0, 0.05) is 32.0 Å². The van der Waals surface area contributed by atoms with Gasteiger partial charge in [0.1, 0.15) is 15.8 Å². The SMILES string of the molecule is CCOCCCNc1nc2c(C)cccn2c(=O)c1/C=C1\SC(=S)N(C2CCCC2)C1=O. The van der Waals surface area contributed by atoms with E-state index in [0.717, 1.165) is 37.7 Å². The second kappa shape index (κ2) is 10.1. The van der Waals surface area contributed by atoms with Crippen molar-refractivity contribution in [3.8, 4) is 0 Å². The maximum absolute atomic E-state index is 13.4. The summed E-state index contributed by atoms with van der Waals surface area (Å²) in [7, 11) is 0. The Balaban J connectivity index is 1.71. The molecule has 1 saturated heterocycles. The van der Waals surface area contributed by atoms with E-state index in [1.165, 1.54) is 16.2 Å². The summed E-state index contributed by atoms with van der Waals surface area (Å²) in [4.78, 5) is 33.5. The van der Waals surface area contributed by atoms with Crippen molar-refractivity contribution in [2.24, 2.45) is 0 Å². The van der Waals surface area contributed by atoms with Gasteiger partial charge in [-0.3, -0.25) is 18.9 Å². The molecule has 2 aromatic heterocycles. The molecule has 0 unspecified atom stereocenters. The summed E-state index contributed by atoms with van der Waals surface area (Å²) in [6.07, 6.45) is 8.34. The van der Waals surface area contributed by atoms with Crippen LogP contribution in [0.25, 0.3) is 11.7 Å². The molecular formula is C23H28N4O3S2. The van der Waals surface area contributed by atoms with Crippen molar-refractivity contribution in [1.29, 1.82) is 0 Å². The molecule has 3 heterocycles. The van der Waals surface area contributed by atoms with E-state index in [2.05, 4.69) is 5.32 Å². The van der Waals surface area contributed by atoms with Crippen molar-refractivity contribution in [3.05, 3.63) is 44.7 Å². The molecule has 1 N–H and O–H groups in total. The van der Waals surface area contributed by atoms with E-state index >= 15 is 0 Å². The number of hydrogen-bond donors (Lipinski definition) is 1. The van der Waals surface area contributed by atoms with E-state index in [1.54, 1.807) is 17.2 Å². The van der Waals surface area contributed by atoms with Crippen LogP contribution in [0.4, 0.5) is 5.82 Å². The smallest absolute Gasteiger partial charge is 0.267 e. The topological polar surface area (TPSA) is 75.9 Å². The fourth-order valence-corrected chi connectivity index (χ4v) is 5.57. The third-order valence-corrected chi connectivity index (χ3v) is 7.17. The number of carbonyl (C=O) groups is 1. The molecule has 0 spiro atoms. The number of carbonyl (C=O) groups excluding carboxylic acids is 1. The Kier molecular flexibility index (Phi) is 7.27. The average molecular weight is 473 g/mol. The average Bonchev–Trinajstić information content (AvgIpc) is 3.39. The fraction of sp³-hybridized carbons (Fsp3) is 0.478. The van der Waals surface area contributed by atoms with Gasteiger partial charge in [-0.1, -0.05) is 42.9 Å². The third kappa shape index (κ3) is 4.60. The van der Waals surface area contributed by atoms with Gasteiger partial charge in [0.2, 0.25) is 0 Å². The van der Waals surface area contributed by atoms with Crippen molar-refractivity contribution >= 4 is 51.7 Å². The van der Waals surface area contributed by atoms with Gasteiger partial charge in [0.25, 0.3) is 11.5 Å². The number of pyridine rings is 1. The number of aromatic nitrogens is 2. The van der Waals surface area contributed by atoms with Crippen LogP contribution < -0.4 is 10.9 Å². The zero-order valence-electron chi connectivity index (χ0n) is 18.4. The molecule has 0 aromatic carbocycles. The number of amides is 1. The Morgan fingerprint density at radius 1 is 1.34 bits per heavy atom. The minimum absolute atomic E-state index is 0.108. The zero-order valence-corrected chi connectivity index (χ0v) is 20.1. The molecule has 170 valence electrons. The van der Waals surface area contributed by atoms with E-state index in [4.69, 9.17) is 21.9 Å². The van der Waals surface area contributed by atoms with Gasteiger partial charge in [0.05, 0.1) is 10.5 Å². The standard InChI is InChI=1S/C23H28N4O3S2/c1-3-30-13-7-11-24-19-17(21(28)26-12-6-8-15(2)20(26)25-19)14-18-22(29)27(23(31)32-18)16-9-4-5-10-16/h6,8,12,14,16,24H,3-5,7,9-11,13H2,1-2H3/b18-14-. The zero-order chi connectivity index (χ0) is 22.7. The monoisotopic (exact) mass is 472 g/mol. The number of thioether (sulfide) groups is 1. The number of nitrogens with zero attached hydrogens (tertiary/aromatic N) is 3. The molecule has 0 bridgehead atoms. The minimum Gasteiger partial charge on any atom is -0.382 e. The highest BCUT2D eigenvalue weighted by Crippen LogP contribution is 2.38. The van der Waals surface area contributed by atoms with Crippen LogP contribution in [0.1, 0.15) is 50.2 Å². The largest absolute Gasteiger partial charge is 0.382 e.